The van der Waals surface area contributed by atoms with E-state index in [1.165, 1.54) is 6.08 Å². The molecule has 23 heavy (non-hydrogen) atoms. The molecule has 0 saturated heterocycles. The first-order valence-electron chi connectivity index (χ1n) is 7.36. The van der Waals surface area contributed by atoms with Crippen molar-refractivity contribution in [2.45, 2.75) is 6.10 Å². The van der Waals surface area contributed by atoms with Crippen LogP contribution in [0.15, 0.2) is 54.1 Å². The zero-order valence-corrected chi connectivity index (χ0v) is 13.6. The maximum atomic E-state index is 11.8. The summed E-state index contributed by atoms with van der Waals surface area (Å²) >= 11 is 1.57. The molecule has 0 saturated carbocycles. The molecule has 1 aromatic carbocycles. The van der Waals surface area contributed by atoms with Crippen LogP contribution in [0.4, 0.5) is 0 Å². The van der Waals surface area contributed by atoms with Gasteiger partial charge in [-0.15, -0.1) is 11.3 Å². The van der Waals surface area contributed by atoms with Crippen molar-refractivity contribution in [2.75, 3.05) is 6.54 Å². The van der Waals surface area contributed by atoms with E-state index < -0.39 is 6.10 Å². The van der Waals surface area contributed by atoms with Gasteiger partial charge in [0.1, 0.15) is 0 Å². The maximum Gasteiger partial charge on any atom is 0.244 e. The average molecular weight is 326 g/mol. The number of aliphatic hydroxyl groups excluding tert-OH is 1. The van der Waals surface area contributed by atoms with Crippen molar-refractivity contribution in [3.63, 3.8) is 0 Å². The zero-order chi connectivity index (χ0) is 16.2. The lowest BCUT2D eigenvalue weighted by Gasteiger charge is -2.12. The van der Waals surface area contributed by atoms with Crippen LogP contribution in [-0.4, -0.2) is 22.1 Å². The van der Waals surface area contributed by atoms with Crippen molar-refractivity contribution in [3.8, 4) is 0 Å². The van der Waals surface area contributed by atoms with Gasteiger partial charge in [-0.1, -0.05) is 12.1 Å². The molecule has 0 aliphatic rings. The number of carbonyl (C=O) groups excluding carboxylic acids is 1. The second kappa shape index (κ2) is 6.81. The van der Waals surface area contributed by atoms with E-state index in [0.29, 0.717) is 0 Å². The van der Waals surface area contributed by atoms with E-state index in [2.05, 4.69) is 5.32 Å². The summed E-state index contributed by atoms with van der Waals surface area (Å²) in [6.45, 7) is 0.186. The fourth-order valence-corrected chi connectivity index (χ4v) is 3.04. The fraction of sp³-hybridized carbons (Fsp3) is 0.167. The Morgan fingerprint density at radius 2 is 2.26 bits per heavy atom. The molecule has 4 nitrogen and oxygen atoms in total. The molecule has 2 N–H and O–H groups in total. The smallest absolute Gasteiger partial charge is 0.244 e. The van der Waals surface area contributed by atoms with Crippen LogP contribution in [0.2, 0.25) is 0 Å². The fourth-order valence-electron chi connectivity index (χ4n) is 2.43. The van der Waals surface area contributed by atoms with Gasteiger partial charge in [-0.25, -0.2) is 0 Å². The highest BCUT2D eigenvalue weighted by Crippen LogP contribution is 2.20. The third-order valence-electron chi connectivity index (χ3n) is 3.71. The molecule has 0 aliphatic heterocycles. The van der Waals surface area contributed by atoms with Gasteiger partial charge < -0.3 is 15.0 Å². The van der Waals surface area contributed by atoms with Crippen molar-refractivity contribution >= 4 is 34.2 Å². The second-order valence-electron chi connectivity index (χ2n) is 5.35. The zero-order valence-electron chi connectivity index (χ0n) is 12.8. The molecule has 1 amide bonds. The molecule has 118 valence electrons. The van der Waals surface area contributed by atoms with Crippen molar-refractivity contribution in [2.24, 2.45) is 7.05 Å². The number of nitrogens with zero attached hydrogens (tertiary/aromatic N) is 1. The summed E-state index contributed by atoms with van der Waals surface area (Å²) in [5.41, 5.74) is 1.91. The molecule has 1 atom stereocenters. The number of rotatable bonds is 5. The molecular formula is C18H18N2O2S. The SMILES string of the molecule is Cn1ccc2cc([C@H](O)CNC(=O)/C=C/c3cccs3)ccc21. The lowest BCUT2D eigenvalue weighted by molar-refractivity contribution is -0.116. The number of benzene rings is 1. The number of aromatic nitrogens is 1. The summed E-state index contributed by atoms with van der Waals surface area (Å²) in [6, 6.07) is 11.7. The van der Waals surface area contributed by atoms with E-state index in [1.54, 1.807) is 17.4 Å². The number of thiophene rings is 1. The summed E-state index contributed by atoms with van der Waals surface area (Å²) in [5, 5.41) is 16.0. The minimum absolute atomic E-state index is 0.186. The maximum absolute atomic E-state index is 11.8. The van der Waals surface area contributed by atoms with E-state index in [-0.39, 0.29) is 12.5 Å². The number of aliphatic hydroxyl groups is 1. The van der Waals surface area contributed by atoms with Gasteiger partial charge in [-0.3, -0.25) is 4.79 Å². The lowest BCUT2D eigenvalue weighted by Crippen LogP contribution is -2.26. The number of hydrogen-bond acceptors (Lipinski definition) is 3. The molecule has 0 unspecified atom stereocenters. The summed E-state index contributed by atoms with van der Waals surface area (Å²) < 4.78 is 2.03. The van der Waals surface area contributed by atoms with Gasteiger partial charge in [0.15, 0.2) is 0 Å². The van der Waals surface area contributed by atoms with Crippen LogP contribution in [0.1, 0.15) is 16.5 Å². The predicted molar refractivity (Wildman–Crippen MR) is 94.2 cm³/mol. The first-order valence-corrected chi connectivity index (χ1v) is 8.24. The van der Waals surface area contributed by atoms with Crippen LogP contribution in [0.5, 0.6) is 0 Å². The summed E-state index contributed by atoms with van der Waals surface area (Å²) in [4.78, 5) is 12.8. The number of fused-ring (bicyclic) bond motifs is 1. The minimum atomic E-state index is -0.723. The van der Waals surface area contributed by atoms with Gasteiger partial charge in [-0.2, -0.15) is 0 Å². The standard InChI is InChI=1S/C18H18N2O2S/c1-20-9-8-13-11-14(4-6-16(13)20)17(21)12-19-18(22)7-5-15-3-2-10-23-15/h2-11,17,21H,12H2,1H3,(H,19,22)/b7-5+/t17-/m1/s1. The third kappa shape index (κ3) is 3.70. The second-order valence-corrected chi connectivity index (χ2v) is 6.33. The monoisotopic (exact) mass is 326 g/mol. The Bertz CT molecular complexity index is 834. The van der Waals surface area contributed by atoms with Gasteiger partial charge in [0, 0.05) is 36.3 Å². The van der Waals surface area contributed by atoms with Crippen molar-refractivity contribution in [1.29, 1.82) is 0 Å². The van der Waals surface area contributed by atoms with Crippen LogP contribution in [0.25, 0.3) is 17.0 Å². The summed E-state index contributed by atoms with van der Waals surface area (Å²) in [6.07, 6.45) is 4.51. The molecule has 0 fully saturated rings. The van der Waals surface area contributed by atoms with Crippen molar-refractivity contribution < 1.29 is 9.90 Å². The molecule has 3 rings (SSSR count). The van der Waals surface area contributed by atoms with Gasteiger partial charge in [0.2, 0.25) is 5.91 Å². The average Bonchev–Trinajstić information content (AvgIpc) is 3.20. The van der Waals surface area contributed by atoms with Gasteiger partial charge in [0.25, 0.3) is 0 Å². The summed E-state index contributed by atoms with van der Waals surface area (Å²) in [5.74, 6) is -0.210. The first kappa shape index (κ1) is 15.5. The quantitative estimate of drug-likeness (QED) is 0.708. The molecule has 0 radical (unpaired) electrons. The Kier molecular flexibility index (Phi) is 4.60. The van der Waals surface area contributed by atoms with Gasteiger partial charge in [0.05, 0.1) is 6.10 Å². The molecule has 2 aromatic heterocycles. The highest BCUT2D eigenvalue weighted by atomic mass is 32.1. The molecule has 3 aromatic rings. The van der Waals surface area contributed by atoms with Crippen LogP contribution < -0.4 is 5.32 Å². The largest absolute Gasteiger partial charge is 0.387 e. The minimum Gasteiger partial charge on any atom is -0.387 e. The highest BCUT2D eigenvalue weighted by molar-refractivity contribution is 7.10. The van der Waals surface area contributed by atoms with Crippen LogP contribution in [0.3, 0.4) is 0 Å². The van der Waals surface area contributed by atoms with Crippen molar-refractivity contribution in [1.82, 2.24) is 9.88 Å². The molecule has 5 heteroatoms. The third-order valence-corrected chi connectivity index (χ3v) is 4.54. The van der Waals surface area contributed by atoms with E-state index in [0.717, 1.165) is 21.3 Å². The molecule has 0 aliphatic carbocycles. The molecule has 0 spiro atoms. The Hall–Kier alpha value is -2.37. The van der Waals surface area contributed by atoms with Crippen molar-refractivity contribution in [3.05, 3.63) is 64.5 Å². The number of nitrogens with one attached hydrogen (secondary N) is 1. The Balaban J connectivity index is 1.59. The molecular weight excluding hydrogens is 308 g/mol. The molecule has 0 bridgehead atoms. The topological polar surface area (TPSA) is 54.3 Å². The normalized spacial score (nSPS) is 12.8. The van der Waals surface area contributed by atoms with Crippen LogP contribution in [-0.2, 0) is 11.8 Å². The highest BCUT2D eigenvalue weighted by Gasteiger charge is 2.10. The Morgan fingerprint density at radius 1 is 1.39 bits per heavy atom. The van der Waals surface area contributed by atoms with Crippen LogP contribution >= 0.6 is 11.3 Å². The van der Waals surface area contributed by atoms with Crippen LogP contribution in [0, 0.1) is 0 Å². The first-order chi connectivity index (χ1) is 11.1. The van der Waals surface area contributed by atoms with E-state index in [1.807, 2.05) is 59.6 Å². The lowest BCUT2D eigenvalue weighted by atomic mass is 10.1. The van der Waals surface area contributed by atoms with Gasteiger partial charge >= 0.3 is 0 Å². The molecule has 2 heterocycles. The number of carbonyl (C=O) groups is 1. The number of hydrogen-bond donors (Lipinski definition) is 2. The number of amides is 1. The number of aryl methyl sites for hydroxylation is 1. The van der Waals surface area contributed by atoms with E-state index >= 15 is 0 Å². The predicted octanol–water partition coefficient (Wildman–Crippen LogP) is 3.10. The van der Waals surface area contributed by atoms with Gasteiger partial charge in [-0.05, 0) is 46.7 Å². The Morgan fingerprint density at radius 3 is 3.04 bits per heavy atom. The van der Waals surface area contributed by atoms with E-state index in [9.17, 15) is 9.90 Å². The summed E-state index contributed by atoms with van der Waals surface area (Å²) in [7, 11) is 1.98. The van der Waals surface area contributed by atoms with E-state index in [4.69, 9.17) is 0 Å². The Labute approximate surface area is 138 Å².